The summed E-state index contributed by atoms with van der Waals surface area (Å²) in [4.78, 5) is 26.8. The highest BCUT2D eigenvalue weighted by Crippen LogP contribution is 2.24. The number of aliphatic imine (C=N–C) groups is 1. The summed E-state index contributed by atoms with van der Waals surface area (Å²) >= 11 is 0. The van der Waals surface area contributed by atoms with Crippen molar-refractivity contribution in [1.82, 2.24) is 20.1 Å². The predicted octanol–water partition coefficient (Wildman–Crippen LogP) is 3.07. The number of aromatic nitrogens is 1. The molecular weight excluding hydrogens is 491 g/mol. The number of carbonyl (C=O) groups is 1. The summed E-state index contributed by atoms with van der Waals surface area (Å²) < 4.78 is 0. The number of guanidine groups is 1. The molecule has 0 aromatic carbocycles. The third-order valence-corrected chi connectivity index (χ3v) is 5.73. The lowest BCUT2D eigenvalue weighted by atomic mass is 9.93. The van der Waals surface area contributed by atoms with E-state index >= 15 is 0 Å². The first-order chi connectivity index (χ1) is 13.9. The molecule has 0 spiro atoms. The maximum Gasteiger partial charge on any atom is 0.243 e. The van der Waals surface area contributed by atoms with Gasteiger partial charge in [-0.15, -0.1) is 24.0 Å². The molecule has 1 unspecified atom stereocenters. The molecule has 1 atom stereocenters. The number of carbonyl (C=O) groups excluding carboxylic acids is 1. The molecule has 1 aromatic heterocycles. The molecule has 0 radical (unpaired) electrons. The maximum absolute atomic E-state index is 11.9. The lowest BCUT2D eigenvalue weighted by Crippen LogP contribution is -2.44. The second kappa shape index (κ2) is 13.7. The lowest BCUT2D eigenvalue weighted by Gasteiger charge is -2.34. The van der Waals surface area contributed by atoms with E-state index in [-0.39, 0.29) is 36.4 Å². The van der Waals surface area contributed by atoms with Gasteiger partial charge in [-0.3, -0.25) is 9.78 Å². The Bertz CT molecular complexity index is 646. The van der Waals surface area contributed by atoms with Gasteiger partial charge in [0.25, 0.3) is 0 Å². The Hall–Kier alpha value is -1.58. The summed E-state index contributed by atoms with van der Waals surface area (Å²) in [7, 11) is 5.60. The molecule has 0 saturated carbocycles. The number of pyridine rings is 1. The van der Waals surface area contributed by atoms with Gasteiger partial charge in [0.15, 0.2) is 5.96 Å². The van der Waals surface area contributed by atoms with Gasteiger partial charge in [-0.05, 0) is 50.7 Å². The molecule has 30 heavy (non-hydrogen) atoms. The van der Waals surface area contributed by atoms with E-state index in [1.807, 2.05) is 12.4 Å². The molecule has 1 N–H and O–H groups in total. The molecule has 1 saturated heterocycles. The molecule has 1 amide bonds. The standard InChI is InChI=1S/C22H38N6O.HI/c1-6-18(2)25-22(24-17-21(29)26(3)4)27(5)14-9-19-10-15-28(16-11-19)20-7-12-23-13-8-20;/h7-8,12-13,18-19H,6,9-11,14-17H2,1-5H3,(H,24,25);1H. The van der Waals surface area contributed by atoms with Crippen LogP contribution in [0.5, 0.6) is 0 Å². The fraction of sp³-hybridized carbons (Fsp3) is 0.682. The predicted molar refractivity (Wildman–Crippen MR) is 136 cm³/mol. The van der Waals surface area contributed by atoms with E-state index in [1.54, 1.807) is 19.0 Å². The van der Waals surface area contributed by atoms with Gasteiger partial charge in [0.05, 0.1) is 0 Å². The lowest BCUT2D eigenvalue weighted by molar-refractivity contribution is -0.127. The molecule has 2 rings (SSSR count). The van der Waals surface area contributed by atoms with Crippen LogP contribution in [0.2, 0.25) is 0 Å². The first kappa shape index (κ1) is 26.5. The number of halogens is 1. The van der Waals surface area contributed by atoms with Gasteiger partial charge in [0.2, 0.25) is 5.91 Å². The highest BCUT2D eigenvalue weighted by atomic mass is 127. The molecule has 0 aliphatic carbocycles. The second-order valence-corrected chi connectivity index (χ2v) is 8.23. The Labute approximate surface area is 199 Å². The molecule has 2 heterocycles. The average molecular weight is 530 g/mol. The molecule has 7 nitrogen and oxygen atoms in total. The first-order valence-electron chi connectivity index (χ1n) is 10.8. The van der Waals surface area contributed by atoms with Crippen LogP contribution in [0.15, 0.2) is 29.5 Å². The fourth-order valence-electron chi connectivity index (χ4n) is 3.40. The Balaban J connectivity index is 0.00000450. The smallest absolute Gasteiger partial charge is 0.243 e. The molecule has 1 aromatic rings. The van der Waals surface area contributed by atoms with Crippen molar-refractivity contribution in [2.24, 2.45) is 10.9 Å². The number of rotatable bonds is 8. The topological polar surface area (TPSA) is 64.1 Å². The quantitative estimate of drug-likeness (QED) is 0.318. The van der Waals surface area contributed by atoms with Gasteiger partial charge in [0.1, 0.15) is 6.54 Å². The Kier molecular flexibility index (Phi) is 12.1. The van der Waals surface area contributed by atoms with Crippen LogP contribution in [0, 0.1) is 5.92 Å². The van der Waals surface area contributed by atoms with Gasteiger partial charge in [0, 0.05) is 64.9 Å². The summed E-state index contributed by atoms with van der Waals surface area (Å²) in [6, 6.07) is 4.51. The number of nitrogens with one attached hydrogen (secondary N) is 1. The highest BCUT2D eigenvalue weighted by Gasteiger charge is 2.20. The number of hydrogen-bond donors (Lipinski definition) is 1. The van der Waals surface area contributed by atoms with Crippen molar-refractivity contribution in [3.8, 4) is 0 Å². The molecule has 0 bridgehead atoms. The van der Waals surface area contributed by atoms with Gasteiger partial charge in [-0.25, -0.2) is 4.99 Å². The van der Waals surface area contributed by atoms with Crippen LogP contribution in [0.4, 0.5) is 5.69 Å². The molecule has 1 aliphatic rings. The Morgan fingerprint density at radius 2 is 1.90 bits per heavy atom. The zero-order valence-corrected chi connectivity index (χ0v) is 21.5. The summed E-state index contributed by atoms with van der Waals surface area (Å²) in [5.41, 5.74) is 1.27. The summed E-state index contributed by atoms with van der Waals surface area (Å²) in [6.07, 6.45) is 8.30. The Morgan fingerprint density at radius 3 is 2.47 bits per heavy atom. The fourth-order valence-corrected chi connectivity index (χ4v) is 3.40. The second-order valence-electron chi connectivity index (χ2n) is 8.23. The zero-order chi connectivity index (χ0) is 21.2. The molecule has 8 heteroatoms. The van der Waals surface area contributed by atoms with E-state index in [0.717, 1.165) is 44.4 Å². The van der Waals surface area contributed by atoms with Crippen molar-refractivity contribution in [3.63, 3.8) is 0 Å². The monoisotopic (exact) mass is 530 g/mol. The minimum absolute atomic E-state index is 0. The summed E-state index contributed by atoms with van der Waals surface area (Å²) in [5.74, 6) is 1.57. The molecule has 1 fully saturated rings. The van der Waals surface area contributed by atoms with Crippen molar-refractivity contribution in [2.45, 2.75) is 45.6 Å². The van der Waals surface area contributed by atoms with Crippen molar-refractivity contribution in [2.75, 3.05) is 52.2 Å². The normalized spacial score (nSPS) is 15.9. The van der Waals surface area contributed by atoms with Crippen LogP contribution >= 0.6 is 24.0 Å². The van der Waals surface area contributed by atoms with Crippen molar-refractivity contribution in [1.29, 1.82) is 0 Å². The molecular formula is C22H39IN6O. The van der Waals surface area contributed by atoms with Crippen molar-refractivity contribution < 1.29 is 4.79 Å². The molecule has 1 aliphatic heterocycles. The first-order valence-corrected chi connectivity index (χ1v) is 10.8. The van der Waals surface area contributed by atoms with Crippen LogP contribution in [0.1, 0.15) is 39.5 Å². The number of piperidine rings is 1. The van der Waals surface area contributed by atoms with E-state index in [1.165, 1.54) is 18.5 Å². The number of amides is 1. The third kappa shape index (κ3) is 8.65. The minimum atomic E-state index is 0. The van der Waals surface area contributed by atoms with E-state index < -0.39 is 0 Å². The number of nitrogens with zero attached hydrogens (tertiary/aromatic N) is 5. The SMILES string of the molecule is CCC(C)NC(=NCC(=O)N(C)C)N(C)CCC1CCN(c2ccncc2)CC1.I. The van der Waals surface area contributed by atoms with Crippen LogP contribution < -0.4 is 10.2 Å². The van der Waals surface area contributed by atoms with Crippen LogP contribution in [0.3, 0.4) is 0 Å². The number of hydrogen-bond acceptors (Lipinski definition) is 4. The van der Waals surface area contributed by atoms with E-state index in [9.17, 15) is 4.79 Å². The van der Waals surface area contributed by atoms with E-state index in [2.05, 4.69) is 58.1 Å². The maximum atomic E-state index is 11.9. The summed E-state index contributed by atoms with van der Waals surface area (Å²) in [6.45, 7) is 7.62. The third-order valence-electron chi connectivity index (χ3n) is 5.73. The van der Waals surface area contributed by atoms with Gasteiger partial charge in [-0.2, -0.15) is 0 Å². The van der Waals surface area contributed by atoms with Gasteiger partial charge >= 0.3 is 0 Å². The van der Waals surface area contributed by atoms with Gasteiger partial charge < -0.3 is 20.0 Å². The average Bonchev–Trinajstić information content (AvgIpc) is 2.75. The van der Waals surface area contributed by atoms with E-state index in [4.69, 9.17) is 0 Å². The van der Waals surface area contributed by atoms with Crippen LogP contribution in [-0.4, -0.2) is 80.0 Å². The number of likely N-dealkylation sites (N-methyl/N-ethyl adjacent to an activating group) is 1. The van der Waals surface area contributed by atoms with Crippen molar-refractivity contribution >= 4 is 41.5 Å². The summed E-state index contributed by atoms with van der Waals surface area (Å²) in [5, 5.41) is 3.47. The highest BCUT2D eigenvalue weighted by molar-refractivity contribution is 14.0. The van der Waals surface area contributed by atoms with Crippen LogP contribution in [0.25, 0.3) is 0 Å². The largest absolute Gasteiger partial charge is 0.371 e. The number of anilines is 1. The Morgan fingerprint density at radius 1 is 1.27 bits per heavy atom. The molecule has 170 valence electrons. The van der Waals surface area contributed by atoms with Gasteiger partial charge in [-0.1, -0.05) is 6.92 Å². The minimum Gasteiger partial charge on any atom is -0.371 e. The zero-order valence-electron chi connectivity index (χ0n) is 19.2. The van der Waals surface area contributed by atoms with Crippen LogP contribution in [-0.2, 0) is 4.79 Å². The van der Waals surface area contributed by atoms with E-state index in [0.29, 0.717) is 6.04 Å². The van der Waals surface area contributed by atoms with Crippen molar-refractivity contribution in [3.05, 3.63) is 24.5 Å².